The van der Waals surface area contributed by atoms with Gasteiger partial charge >= 0.3 is 0 Å². The molecular weight excluding hydrogens is 236 g/mol. The van der Waals surface area contributed by atoms with E-state index in [1.807, 2.05) is 0 Å². The van der Waals surface area contributed by atoms with E-state index < -0.39 is 6.10 Å². The maximum atomic E-state index is 9.98. The smallest absolute Gasteiger partial charge is 0.117 e. The lowest BCUT2D eigenvalue weighted by Gasteiger charge is -2.44. The van der Waals surface area contributed by atoms with E-state index in [9.17, 15) is 5.11 Å². The van der Waals surface area contributed by atoms with Crippen molar-refractivity contribution >= 4 is 0 Å². The summed E-state index contributed by atoms with van der Waals surface area (Å²) in [6.07, 6.45) is 10.0. The van der Waals surface area contributed by atoms with Gasteiger partial charge in [0.05, 0.1) is 12.7 Å². The molecule has 7 atom stereocenters. The van der Waals surface area contributed by atoms with Crippen LogP contribution in [0.2, 0.25) is 0 Å². The van der Waals surface area contributed by atoms with E-state index >= 15 is 0 Å². The molecule has 1 N–H and O–H groups in total. The van der Waals surface area contributed by atoms with Crippen LogP contribution in [0, 0.1) is 41.9 Å². The number of hydrogen-bond acceptors (Lipinski definition) is 2. The van der Waals surface area contributed by atoms with Gasteiger partial charge in [-0.15, -0.1) is 6.42 Å². The number of fused-ring (bicyclic) bond motifs is 1. The highest BCUT2D eigenvalue weighted by atomic mass is 16.5. The highest BCUT2D eigenvalue weighted by molar-refractivity contribution is 5.00. The van der Waals surface area contributed by atoms with Gasteiger partial charge in [-0.2, -0.15) is 0 Å². The molecule has 0 aromatic carbocycles. The number of hydrogen-bond donors (Lipinski definition) is 1. The number of rotatable bonds is 2. The van der Waals surface area contributed by atoms with Crippen LogP contribution in [0.5, 0.6) is 0 Å². The Morgan fingerprint density at radius 1 is 1.16 bits per heavy atom. The van der Waals surface area contributed by atoms with Crippen molar-refractivity contribution in [2.24, 2.45) is 29.6 Å². The summed E-state index contributed by atoms with van der Waals surface area (Å²) >= 11 is 0. The third-order valence-corrected chi connectivity index (χ3v) is 5.61. The SMILES string of the molecule is C#CC(O)C(C)C1CCC(C)C2CCC(C)OCC21. The van der Waals surface area contributed by atoms with Gasteiger partial charge in [0.15, 0.2) is 0 Å². The Hall–Kier alpha value is -0.520. The lowest BCUT2D eigenvalue weighted by Crippen LogP contribution is -2.41. The van der Waals surface area contributed by atoms with Crippen molar-refractivity contribution in [3.05, 3.63) is 0 Å². The third-order valence-electron chi connectivity index (χ3n) is 5.61. The molecule has 0 amide bonds. The molecule has 2 aliphatic rings. The average Bonchev–Trinajstić information content (AvgIpc) is 2.61. The molecule has 2 heteroatoms. The summed E-state index contributed by atoms with van der Waals surface area (Å²) < 4.78 is 5.98. The van der Waals surface area contributed by atoms with Crippen molar-refractivity contribution in [3.63, 3.8) is 0 Å². The maximum absolute atomic E-state index is 9.98. The average molecular weight is 264 g/mol. The minimum Gasteiger partial charge on any atom is -0.380 e. The summed E-state index contributed by atoms with van der Waals surface area (Å²) in [5, 5.41) is 9.98. The predicted molar refractivity (Wildman–Crippen MR) is 77.5 cm³/mol. The Balaban J connectivity index is 2.14. The van der Waals surface area contributed by atoms with Gasteiger partial charge < -0.3 is 9.84 Å². The summed E-state index contributed by atoms with van der Waals surface area (Å²) in [5.41, 5.74) is 0. The highest BCUT2D eigenvalue weighted by Crippen LogP contribution is 2.46. The monoisotopic (exact) mass is 264 g/mol. The van der Waals surface area contributed by atoms with Crippen LogP contribution in [-0.2, 0) is 4.74 Å². The van der Waals surface area contributed by atoms with Gasteiger partial charge in [-0.1, -0.05) is 26.2 Å². The molecule has 1 heterocycles. The molecule has 1 aliphatic heterocycles. The largest absolute Gasteiger partial charge is 0.380 e. The van der Waals surface area contributed by atoms with Crippen molar-refractivity contribution in [1.29, 1.82) is 0 Å². The van der Waals surface area contributed by atoms with Crippen LogP contribution < -0.4 is 0 Å². The normalized spacial score (nSPS) is 42.6. The number of terminal acetylenes is 1. The molecule has 0 aromatic heterocycles. The molecule has 19 heavy (non-hydrogen) atoms. The van der Waals surface area contributed by atoms with Crippen LogP contribution in [-0.4, -0.2) is 23.9 Å². The molecule has 1 aliphatic carbocycles. The van der Waals surface area contributed by atoms with E-state index in [0.717, 1.165) is 18.4 Å². The predicted octanol–water partition coefficient (Wildman–Crippen LogP) is 3.09. The van der Waals surface area contributed by atoms with Gasteiger partial charge in [0.25, 0.3) is 0 Å². The fraction of sp³-hybridized carbons (Fsp3) is 0.882. The zero-order valence-electron chi connectivity index (χ0n) is 12.5. The van der Waals surface area contributed by atoms with Gasteiger partial charge in [-0.05, 0) is 55.8 Å². The van der Waals surface area contributed by atoms with E-state index in [0.29, 0.717) is 17.9 Å². The molecule has 2 fully saturated rings. The van der Waals surface area contributed by atoms with Crippen LogP contribution in [0.15, 0.2) is 0 Å². The molecule has 0 spiro atoms. The van der Waals surface area contributed by atoms with Gasteiger partial charge in [-0.25, -0.2) is 0 Å². The van der Waals surface area contributed by atoms with Crippen LogP contribution in [0.3, 0.4) is 0 Å². The first kappa shape index (κ1) is 14.9. The second-order valence-electron chi connectivity index (χ2n) is 6.74. The van der Waals surface area contributed by atoms with Crippen LogP contribution >= 0.6 is 0 Å². The Bertz CT molecular complexity index is 333. The third kappa shape index (κ3) is 3.15. The molecule has 1 saturated heterocycles. The lowest BCUT2D eigenvalue weighted by atomic mass is 9.62. The van der Waals surface area contributed by atoms with Crippen molar-refractivity contribution in [2.75, 3.05) is 6.61 Å². The van der Waals surface area contributed by atoms with E-state index in [2.05, 4.69) is 26.7 Å². The summed E-state index contributed by atoms with van der Waals surface area (Å²) in [7, 11) is 0. The summed E-state index contributed by atoms with van der Waals surface area (Å²) in [6, 6.07) is 0. The molecular formula is C17H28O2. The van der Waals surface area contributed by atoms with Gasteiger partial charge in [0.2, 0.25) is 0 Å². The zero-order valence-corrected chi connectivity index (χ0v) is 12.5. The lowest BCUT2D eigenvalue weighted by molar-refractivity contribution is -0.0242. The molecule has 0 aromatic rings. The summed E-state index contributed by atoms with van der Waals surface area (Å²) in [4.78, 5) is 0. The Morgan fingerprint density at radius 2 is 1.89 bits per heavy atom. The van der Waals surface area contributed by atoms with E-state index in [-0.39, 0.29) is 5.92 Å². The molecule has 0 radical (unpaired) electrons. The van der Waals surface area contributed by atoms with Crippen molar-refractivity contribution < 1.29 is 9.84 Å². The number of aliphatic hydroxyl groups is 1. The van der Waals surface area contributed by atoms with E-state index in [1.165, 1.54) is 25.7 Å². The van der Waals surface area contributed by atoms with Gasteiger partial charge in [-0.3, -0.25) is 0 Å². The van der Waals surface area contributed by atoms with Crippen molar-refractivity contribution in [3.8, 4) is 12.3 Å². The standard InChI is InChI=1S/C17H28O2/c1-5-17(18)13(4)15-8-6-11(2)14-9-7-12(3)19-10-16(14)15/h1,11-18H,6-10H2,2-4H3. The minimum absolute atomic E-state index is 0.182. The molecule has 7 unspecified atom stereocenters. The minimum atomic E-state index is -0.611. The molecule has 2 nitrogen and oxygen atoms in total. The van der Waals surface area contributed by atoms with Crippen LogP contribution in [0.25, 0.3) is 0 Å². The van der Waals surface area contributed by atoms with E-state index in [1.54, 1.807) is 0 Å². The van der Waals surface area contributed by atoms with Crippen LogP contribution in [0.1, 0.15) is 46.5 Å². The Morgan fingerprint density at radius 3 is 2.58 bits per heavy atom. The fourth-order valence-electron chi connectivity index (χ4n) is 4.19. The van der Waals surface area contributed by atoms with Gasteiger partial charge in [0, 0.05) is 0 Å². The Kier molecular flexibility index (Phi) is 4.92. The quantitative estimate of drug-likeness (QED) is 0.777. The first-order valence-electron chi connectivity index (χ1n) is 7.80. The summed E-state index contributed by atoms with van der Waals surface area (Å²) in [6.45, 7) is 7.52. The first-order chi connectivity index (χ1) is 9.04. The molecule has 0 bridgehead atoms. The number of ether oxygens (including phenoxy) is 1. The van der Waals surface area contributed by atoms with Gasteiger partial charge in [0.1, 0.15) is 6.10 Å². The Labute approximate surface area is 117 Å². The van der Waals surface area contributed by atoms with Crippen molar-refractivity contribution in [1.82, 2.24) is 0 Å². The molecule has 2 rings (SSSR count). The second kappa shape index (κ2) is 6.29. The maximum Gasteiger partial charge on any atom is 0.117 e. The second-order valence-corrected chi connectivity index (χ2v) is 6.74. The van der Waals surface area contributed by atoms with Crippen molar-refractivity contribution in [2.45, 2.75) is 58.7 Å². The topological polar surface area (TPSA) is 29.5 Å². The molecule has 108 valence electrons. The van der Waals surface area contributed by atoms with Crippen LogP contribution in [0.4, 0.5) is 0 Å². The van der Waals surface area contributed by atoms with E-state index in [4.69, 9.17) is 11.2 Å². The fourth-order valence-corrected chi connectivity index (χ4v) is 4.19. The zero-order chi connectivity index (χ0) is 14.0. The number of aliphatic hydroxyl groups excluding tert-OH is 1. The molecule has 1 saturated carbocycles. The highest BCUT2D eigenvalue weighted by Gasteiger charge is 2.42. The first-order valence-corrected chi connectivity index (χ1v) is 7.80. The summed E-state index contributed by atoms with van der Waals surface area (Å²) in [5.74, 6) is 5.31.